The maximum absolute atomic E-state index is 12.0. The van der Waals surface area contributed by atoms with Crippen molar-refractivity contribution in [2.75, 3.05) is 26.4 Å². The number of anilines is 1. The number of nitrogens with two attached hydrogens (primary N) is 1. The Hall–Kier alpha value is -1.62. The van der Waals surface area contributed by atoms with Gasteiger partial charge in [-0.05, 0) is 32.1 Å². The fourth-order valence-electron chi connectivity index (χ4n) is 1.64. The Balaban J connectivity index is 2.72. The van der Waals surface area contributed by atoms with E-state index in [0.29, 0.717) is 17.4 Å². The molecular formula is C13H22N4O. The summed E-state index contributed by atoms with van der Waals surface area (Å²) in [6, 6.07) is 5.15. The highest BCUT2D eigenvalue weighted by molar-refractivity contribution is 5.92. The topological polar surface area (TPSA) is 71.2 Å². The predicted molar refractivity (Wildman–Crippen MR) is 73.3 cm³/mol. The Morgan fingerprint density at radius 3 is 2.61 bits per heavy atom. The van der Waals surface area contributed by atoms with E-state index in [1.165, 1.54) is 0 Å². The van der Waals surface area contributed by atoms with E-state index in [9.17, 15) is 4.79 Å². The minimum absolute atomic E-state index is 0.0933. The number of nitrogen functional groups attached to an aromatic ring is 1. The van der Waals surface area contributed by atoms with Crippen molar-refractivity contribution in [1.82, 2.24) is 15.2 Å². The monoisotopic (exact) mass is 250 g/mol. The Morgan fingerprint density at radius 2 is 2.11 bits per heavy atom. The zero-order chi connectivity index (χ0) is 13.7. The molecule has 1 rings (SSSR count). The minimum Gasteiger partial charge on any atom is -0.384 e. The van der Waals surface area contributed by atoms with Gasteiger partial charge in [0, 0.05) is 12.6 Å². The van der Waals surface area contributed by atoms with E-state index < -0.39 is 0 Å². The van der Waals surface area contributed by atoms with E-state index in [-0.39, 0.29) is 11.9 Å². The van der Waals surface area contributed by atoms with Crippen LogP contribution >= 0.6 is 0 Å². The molecule has 1 amide bonds. The van der Waals surface area contributed by atoms with Crippen LogP contribution in [0.2, 0.25) is 0 Å². The number of amides is 1. The third-order valence-corrected chi connectivity index (χ3v) is 2.69. The second-order valence-corrected chi connectivity index (χ2v) is 5.03. The molecule has 0 aromatic carbocycles. The molecule has 1 aromatic heterocycles. The fraction of sp³-hybridized carbons (Fsp3) is 0.538. The number of rotatable bonds is 5. The molecule has 1 heterocycles. The normalized spacial score (nSPS) is 12.8. The van der Waals surface area contributed by atoms with Gasteiger partial charge in [0.15, 0.2) is 0 Å². The lowest BCUT2D eigenvalue weighted by Crippen LogP contribution is -2.45. The molecule has 0 aliphatic heterocycles. The van der Waals surface area contributed by atoms with Gasteiger partial charge in [0.2, 0.25) is 0 Å². The lowest BCUT2D eigenvalue weighted by atomic mass is 10.0. The Kier molecular flexibility index (Phi) is 5.09. The van der Waals surface area contributed by atoms with Crippen molar-refractivity contribution < 1.29 is 4.79 Å². The van der Waals surface area contributed by atoms with Crippen molar-refractivity contribution >= 4 is 11.7 Å². The van der Waals surface area contributed by atoms with E-state index in [0.717, 1.165) is 6.54 Å². The van der Waals surface area contributed by atoms with E-state index in [1.54, 1.807) is 18.2 Å². The molecular weight excluding hydrogens is 228 g/mol. The summed E-state index contributed by atoms with van der Waals surface area (Å²) in [5, 5.41) is 2.99. The van der Waals surface area contributed by atoms with Crippen molar-refractivity contribution in [3.8, 4) is 0 Å². The van der Waals surface area contributed by atoms with Gasteiger partial charge in [-0.15, -0.1) is 0 Å². The van der Waals surface area contributed by atoms with Gasteiger partial charge in [-0.1, -0.05) is 19.9 Å². The smallest absolute Gasteiger partial charge is 0.270 e. The van der Waals surface area contributed by atoms with Crippen LogP contribution in [0.5, 0.6) is 0 Å². The maximum atomic E-state index is 12.0. The minimum atomic E-state index is -0.178. The van der Waals surface area contributed by atoms with Crippen molar-refractivity contribution in [2.24, 2.45) is 5.92 Å². The maximum Gasteiger partial charge on any atom is 0.270 e. The SMILES string of the molecule is CC(C)C(CN(C)C)NC(=O)c1cccc(N)n1. The van der Waals surface area contributed by atoms with Crippen LogP contribution in [0.25, 0.3) is 0 Å². The number of hydrogen-bond donors (Lipinski definition) is 2. The molecule has 3 N–H and O–H groups in total. The molecule has 1 aromatic rings. The highest BCUT2D eigenvalue weighted by Gasteiger charge is 2.18. The van der Waals surface area contributed by atoms with Crippen LogP contribution in [-0.4, -0.2) is 42.5 Å². The van der Waals surface area contributed by atoms with Crippen molar-refractivity contribution in [3.05, 3.63) is 23.9 Å². The van der Waals surface area contributed by atoms with Crippen molar-refractivity contribution in [3.63, 3.8) is 0 Å². The van der Waals surface area contributed by atoms with E-state index in [4.69, 9.17) is 5.73 Å². The van der Waals surface area contributed by atoms with E-state index >= 15 is 0 Å². The number of nitrogens with one attached hydrogen (secondary N) is 1. The molecule has 1 atom stereocenters. The third-order valence-electron chi connectivity index (χ3n) is 2.69. The Labute approximate surface area is 108 Å². The van der Waals surface area contributed by atoms with Crippen LogP contribution in [-0.2, 0) is 0 Å². The molecule has 0 saturated heterocycles. The molecule has 0 aliphatic carbocycles. The zero-order valence-corrected chi connectivity index (χ0v) is 11.5. The number of pyridine rings is 1. The van der Waals surface area contributed by atoms with Crippen LogP contribution in [0, 0.1) is 5.92 Å². The highest BCUT2D eigenvalue weighted by Crippen LogP contribution is 2.06. The van der Waals surface area contributed by atoms with E-state index in [1.807, 2.05) is 14.1 Å². The van der Waals surface area contributed by atoms with Crippen molar-refractivity contribution in [1.29, 1.82) is 0 Å². The molecule has 5 heteroatoms. The third kappa shape index (κ3) is 4.33. The van der Waals surface area contributed by atoms with Crippen LogP contribution in [0.15, 0.2) is 18.2 Å². The predicted octanol–water partition coefficient (Wildman–Crippen LogP) is 0.980. The summed E-state index contributed by atoms with van der Waals surface area (Å²) in [5.41, 5.74) is 5.93. The molecule has 0 aliphatic rings. The summed E-state index contributed by atoms with van der Waals surface area (Å²) in [5.74, 6) is 0.539. The molecule has 0 fully saturated rings. The summed E-state index contributed by atoms with van der Waals surface area (Å²) in [4.78, 5) is 18.1. The summed E-state index contributed by atoms with van der Waals surface area (Å²) in [7, 11) is 3.97. The van der Waals surface area contributed by atoms with Crippen LogP contribution in [0.4, 0.5) is 5.82 Å². The average Bonchev–Trinajstić information content (AvgIpc) is 2.27. The molecule has 0 radical (unpaired) electrons. The molecule has 18 heavy (non-hydrogen) atoms. The lowest BCUT2D eigenvalue weighted by molar-refractivity contribution is 0.0911. The molecule has 0 bridgehead atoms. The summed E-state index contributed by atoms with van der Waals surface area (Å²) in [6.07, 6.45) is 0. The molecule has 5 nitrogen and oxygen atoms in total. The zero-order valence-electron chi connectivity index (χ0n) is 11.5. The molecule has 0 spiro atoms. The molecule has 1 unspecified atom stereocenters. The summed E-state index contributed by atoms with van der Waals surface area (Å²) >= 11 is 0. The van der Waals surface area contributed by atoms with Crippen LogP contribution < -0.4 is 11.1 Å². The number of carbonyl (C=O) groups excluding carboxylic acids is 1. The number of nitrogens with zero attached hydrogens (tertiary/aromatic N) is 2. The van der Waals surface area contributed by atoms with Gasteiger partial charge >= 0.3 is 0 Å². The molecule has 0 saturated carbocycles. The van der Waals surface area contributed by atoms with Crippen LogP contribution in [0.1, 0.15) is 24.3 Å². The largest absolute Gasteiger partial charge is 0.384 e. The van der Waals surface area contributed by atoms with Crippen LogP contribution in [0.3, 0.4) is 0 Å². The van der Waals surface area contributed by atoms with Gasteiger partial charge in [0.1, 0.15) is 11.5 Å². The first-order valence-corrected chi connectivity index (χ1v) is 6.08. The second-order valence-electron chi connectivity index (χ2n) is 5.03. The van der Waals surface area contributed by atoms with Gasteiger partial charge in [0.25, 0.3) is 5.91 Å². The Morgan fingerprint density at radius 1 is 1.44 bits per heavy atom. The first kappa shape index (κ1) is 14.4. The van der Waals surface area contributed by atoms with Gasteiger partial charge in [-0.25, -0.2) is 4.98 Å². The van der Waals surface area contributed by atoms with E-state index in [2.05, 4.69) is 29.0 Å². The van der Waals surface area contributed by atoms with Gasteiger partial charge in [0.05, 0.1) is 0 Å². The number of carbonyl (C=O) groups is 1. The van der Waals surface area contributed by atoms with Crippen molar-refractivity contribution in [2.45, 2.75) is 19.9 Å². The summed E-state index contributed by atoms with van der Waals surface area (Å²) in [6.45, 7) is 4.97. The number of hydrogen-bond acceptors (Lipinski definition) is 4. The standard InChI is InChI=1S/C13H22N4O/c1-9(2)11(8-17(3)4)16-13(18)10-6-5-7-12(14)15-10/h5-7,9,11H,8H2,1-4H3,(H2,14,15)(H,16,18). The van der Waals surface area contributed by atoms with Gasteiger partial charge < -0.3 is 16.0 Å². The quantitative estimate of drug-likeness (QED) is 0.817. The molecule has 100 valence electrons. The first-order valence-electron chi connectivity index (χ1n) is 6.08. The summed E-state index contributed by atoms with van der Waals surface area (Å²) < 4.78 is 0. The average molecular weight is 250 g/mol. The lowest BCUT2D eigenvalue weighted by Gasteiger charge is -2.25. The second kappa shape index (κ2) is 6.35. The number of likely N-dealkylation sites (N-methyl/N-ethyl adjacent to an activating group) is 1. The Bertz CT molecular complexity index is 404. The van der Waals surface area contributed by atoms with Gasteiger partial charge in [-0.3, -0.25) is 4.79 Å². The fourth-order valence-corrected chi connectivity index (χ4v) is 1.64. The van der Waals surface area contributed by atoms with Gasteiger partial charge in [-0.2, -0.15) is 0 Å². The highest BCUT2D eigenvalue weighted by atomic mass is 16.1. The number of aromatic nitrogens is 1. The first-order chi connectivity index (χ1) is 8.40.